The number of fused-ring (bicyclic) bond motifs is 14. The van der Waals surface area contributed by atoms with Crippen LogP contribution in [0.3, 0.4) is 0 Å². The number of rotatable bonds is 10. The molecule has 504 valence electrons. The Hall–Kier alpha value is -14.3. The van der Waals surface area contributed by atoms with E-state index in [2.05, 4.69) is 431 Å². The van der Waals surface area contributed by atoms with Crippen molar-refractivity contribution in [3.05, 3.63) is 413 Å². The summed E-state index contributed by atoms with van der Waals surface area (Å²) in [6.45, 7) is 0. The molecule has 0 radical (unpaired) electrons. The highest BCUT2D eigenvalue weighted by Crippen LogP contribution is 2.43. The third-order valence-corrected chi connectivity index (χ3v) is 22.2. The maximum Gasteiger partial charge on any atom is 0.0541 e. The quantitative estimate of drug-likeness (QED) is 0.130. The molecule has 4 nitrogen and oxygen atoms in total. The van der Waals surface area contributed by atoms with Crippen LogP contribution in [0.15, 0.2) is 413 Å². The number of hydrogen-bond donors (Lipinski definition) is 0. The van der Waals surface area contributed by atoms with Crippen LogP contribution in [-0.4, -0.2) is 18.3 Å². The van der Waals surface area contributed by atoms with Crippen LogP contribution in [0.4, 0.5) is 0 Å². The van der Waals surface area contributed by atoms with Gasteiger partial charge in [0.2, 0.25) is 0 Å². The highest BCUT2D eigenvalue weighted by Gasteiger charge is 2.21. The second-order valence-corrected chi connectivity index (χ2v) is 28.4. The molecule has 0 aliphatic heterocycles. The van der Waals surface area contributed by atoms with Crippen molar-refractivity contribution in [1.82, 2.24) is 18.3 Å². The molecule has 4 heterocycles. The second-order valence-electron chi connectivity index (χ2n) is 28.4. The average Bonchev–Trinajstić information content (AvgIpc) is 1.60. The van der Waals surface area contributed by atoms with Crippen molar-refractivity contribution in [3.8, 4) is 89.5 Å². The van der Waals surface area contributed by atoms with Gasteiger partial charge in [-0.05, 0) is 198 Å². The summed E-state index contributed by atoms with van der Waals surface area (Å²) in [4.78, 5) is 0. The van der Waals surface area contributed by atoms with Gasteiger partial charge in [0, 0.05) is 65.5 Å². The van der Waals surface area contributed by atoms with Crippen LogP contribution in [0.2, 0.25) is 0 Å². The van der Waals surface area contributed by atoms with Crippen molar-refractivity contribution >= 4 is 109 Å². The topological polar surface area (TPSA) is 19.7 Å². The standard InChI is InChI=1S/2C52H34N2/c1-2-12-35(13-3-1)36-24-26-37(27-25-36)39-16-10-17-42(32-39)53-49-21-8-6-19-44(49)46-33-40(28-30-51(46)53)41-29-31-52-47(34-41)45-20-7-9-22-50(45)54(52)48-23-11-15-38-14-4-5-18-43(38)48;1-2-11-35(12-3-1)37-21-23-38(24-22-37)40-15-10-16-43(31-40)53-49-19-8-6-17-45(49)47-33-41(26-29-51(47)53)42-27-30-52-48(34-42)46-18-7-9-20-50(46)54(52)44-28-25-36-13-4-5-14-39(36)32-44/h2*1-34H. The molecule has 0 aliphatic rings. The lowest BCUT2D eigenvalue weighted by molar-refractivity contribution is 1.18. The fraction of sp³-hybridized carbons (Fsp3) is 0. The van der Waals surface area contributed by atoms with Crippen LogP contribution < -0.4 is 0 Å². The molecule has 108 heavy (non-hydrogen) atoms. The van der Waals surface area contributed by atoms with E-state index in [9.17, 15) is 0 Å². The molecule has 4 aromatic heterocycles. The molecule has 0 aliphatic carbocycles. The Morgan fingerprint density at radius 1 is 0.120 bits per heavy atom. The van der Waals surface area contributed by atoms with Gasteiger partial charge in [0.25, 0.3) is 0 Å². The Morgan fingerprint density at radius 3 is 0.815 bits per heavy atom. The molecule has 0 fully saturated rings. The van der Waals surface area contributed by atoms with Crippen LogP contribution >= 0.6 is 0 Å². The van der Waals surface area contributed by atoms with Crippen molar-refractivity contribution in [1.29, 1.82) is 0 Å². The monoisotopic (exact) mass is 1370 g/mol. The number of benzene rings is 18. The molecule has 0 N–H and O–H groups in total. The zero-order chi connectivity index (χ0) is 71.2. The van der Waals surface area contributed by atoms with Crippen LogP contribution in [0.1, 0.15) is 0 Å². The fourth-order valence-corrected chi connectivity index (χ4v) is 17.0. The fourth-order valence-electron chi connectivity index (χ4n) is 17.0. The molecule has 4 heteroatoms. The average molecular weight is 1370 g/mol. The largest absolute Gasteiger partial charge is 0.309 e. The summed E-state index contributed by atoms with van der Waals surface area (Å²) in [6.07, 6.45) is 0. The number of aromatic nitrogens is 4. The van der Waals surface area contributed by atoms with Gasteiger partial charge in [-0.2, -0.15) is 0 Å². The van der Waals surface area contributed by atoms with Crippen LogP contribution in [0, 0.1) is 0 Å². The first-order valence-corrected chi connectivity index (χ1v) is 37.2. The Balaban J connectivity index is 0.000000138. The molecule has 22 rings (SSSR count). The van der Waals surface area contributed by atoms with Gasteiger partial charge in [0.05, 0.1) is 49.8 Å². The summed E-state index contributed by atoms with van der Waals surface area (Å²) in [7, 11) is 0. The van der Waals surface area contributed by atoms with E-state index < -0.39 is 0 Å². The lowest BCUT2D eigenvalue weighted by Crippen LogP contribution is -1.95. The molecular weight excluding hydrogens is 1310 g/mol. The first kappa shape index (κ1) is 62.3. The third-order valence-electron chi connectivity index (χ3n) is 22.2. The van der Waals surface area contributed by atoms with E-state index in [1.807, 2.05) is 0 Å². The highest BCUT2D eigenvalue weighted by molar-refractivity contribution is 6.16. The Morgan fingerprint density at radius 2 is 0.389 bits per heavy atom. The normalized spacial score (nSPS) is 11.7. The van der Waals surface area contributed by atoms with Crippen molar-refractivity contribution in [3.63, 3.8) is 0 Å². The Kier molecular flexibility index (Phi) is 14.9. The lowest BCUT2D eigenvalue weighted by Gasteiger charge is -2.12. The molecule has 0 saturated carbocycles. The van der Waals surface area contributed by atoms with Gasteiger partial charge in [0.15, 0.2) is 0 Å². The lowest BCUT2D eigenvalue weighted by atomic mass is 10.00. The summed E-state index contributed by atoms with van der Waals surface area (Å²) in [5, 5.41) is 15.0. The van der Waals surface area contributed by atoms with E-state index in [1.165, 1.54) is 187 Å². The molecule has 18 aromatic carbocycles. The number of nitrogens with zero attached hydrogens (tertiary/aromatic N) is 4. The molecule has 0 unspecified atom stereocenters. The second kappa shape index (κ2) is 25.8. The zero-order valence-electron chi connectivity index (χ0n) is 59.0. The predicted molar refractivity (Wildman–Crippen MR) is 458 cm³/mol. The number of para-hydroxylation sites is 4. The van der Waals surface area contributed by atoms with Gasteiger partial charge in [-0.25, -0.2) is 0 Å². The molecule has 22 aromatic rings. The van der Waals surface area contributed by atoms with Crippen LogP contribution in [0.25, 0.3) is 198 Å². The maximum absolute atomic E-state index is 2.43. The van der Waals surface area contributed by atoms with E-state index in [-0.39, 0.29) is 0 Å². The van der Waals surface area contributed by atoms with E-state index >= 15 is 0 Å². The van der Waals surface area contributed by atoms with Crippen molar-refractivity contribution in [2.75, 3.05) is 0 Å². The van der Waals surface area contributed by atoms with Gasteiger partial charge in [0.1, 0.15) is 0 Å². The molecule has 0 amide bonds. The van der Waals surface area contributed by atoms with E-state index in [0.29, 0.717) is 0 Å². The number of hydrogen-bond acceptors (Lipinski definition) is 0. The first-order chi connectivity index (χ1) is 53.5. The predicted octanol–water partition coefficient (Wildman–Crippen LogP) is 28.1. The minimum atomic E-state index is 1.15. The van der Waals surface area contributed by atoms with E-state index in [1.54, 1.807) is 0 Å². The summed E-state index contributed by atoms with van der Waals surface area (Å²) < 4.78 is 9.66. The van der Waals surface area contributed by atoms with Crippen LogP contribution in [-0.2, 0) is 0 Å². The van der Waals surface area contributed by atoms with Gasteiger partial charge in [-0.3, -0.25) is 0 Å². The first-order valence-electron chi connectivity index (χ1n) is 37.2. The van der Waals surface area contributed by atoms with Crippen molar-refractivity contribution in [2.24, 2.45) is 0 Å². The molecular formula is C104H68N4. The summed E-state index contributed by atoms with van der Waals surface area (Å²) in [5.74, 6) is 0. The highest BCUT2D eigenvalue weighted by atomic mass is 15.0. The molecule has 0 spiro atoms. The van der Waals surface area contributed by atoms with Gasteiger partial charge in [-0.15, -0.1) is 0 Å². The minimum Gasteiger partial charge on any atom is -0.309 e. The van der Waals surface area contributed by atoms with Crippen molar-refractivity contribution < 1.29 is 0 Å². The van der Waals surface area contributed by atoms with E-state index in [0.717, 1.165) is 11.4 Å². The third kappa shape index (κ3) is 10.6. The van der Waals surface area contributed by atoms with Crippen LogP contribution in [0.5, 0.6) is 0 Å². The summed E-state index contributed by atoms with van der Waals surface area (Å²) in [6, 6.07) is 150. The smallest absolute Gasteiger partial charge is 0.0541 e. The van der Waals surface area contributed by atoms with E-state index in [4.69, 9.17) is 0 Å². The molecule has 0 atom stereocenters. The van der Waals surface area contributed by atoms with Gasteiger partial charge < -0.3 is 18.3 Å². The minimum absolute atomic E-state index is 1.15. The maximum atomic E-state index is 2.43. The molecule has 0 bridgehead atoms. The Labute approximate surface area is 625 Å². The molecule has 0 saturated heterocycles. The van der Waals surface area contributed by atoms with Gasteiger partial charge in [-0.1, -0.05) is 297 Å². The van der Waals surface area contributed by atoms with Crippen molar-refractivity contribution in [2.45, 2.75) is 0 Å². The summed E-state index contributed by atoms with van der Waals surface area (Å²) >= 11 is 0. The Bertz CT molecular complexity index is 7260. The summed E-state index contributed by atoms with van der Waals surface area (Å²) in [5.41, 5.74) is 28.9. The van der Waals surface area contributed by atoms with Gasteiger partial charge >= 0.3 is 0 Å². The zero-order valence-corrected chi connectivity index (χ0v) is 59.0. The SMILES string of the molecule is c1ccc(-c2ccc(-c3cccc(-n4c5ccccc5c5cc(-c6ccc7c(c6)c6ccccc6n7-c6ccc7ccccc7c6)ccc54)c3)cc2)cc1.c1ccc(-c2ccc(-c3cccc(-n4c5ccccc5c5cc(-c6ccc7c(c6)c6ccccc6n7-c6cccc7ccccc67)ccc54)c3)cc2)cc1.